The number of anilines is 1. The molecule has 0 aliphatic carbocycles. The van der Waals surface area contributed by atoms with E-state index < -0.39 is 0 Å². The summed E-state index contributed by atoms with van der Waals surface area (Å²) >= 11 is 0. The lowest BCUT2D eigenvalue weighted by molar-refractivity contribution is -0.126. The molecule has 0 unspecified atom stereocenters. The highest BCUT2D eigenvalue weighted by Crippen LogP contribution is 2.20. The second-order valence-corrected chi connectivity index (χ2v) is 5.65. The van der Waals surface area contributed by atoms with Crippen molar-refractivity contribution in [1.82, 2.24) is 4.90 Å². The number of halogens is 2. The summed E-state index contributed by atoms with van der Waals surface area (Å²) in [5.41, 5.74) is 1.35. The van der Waals surface area contributed by atoms with E-state index in [1.54, 1.807) is 41.3 Å². The van der Waals surface area contributed by atoms with Crippen LogP contribution in [0.5, 0.6) is 0 Å². The number of rotatable bonds is 3. The fourth-order valence-electron chi connectivity index (χ4n) is 2.72. The number of nitrogens with zero attached hydrogens (tertiary/aromatic N) is 2. The lowest BCUT2D eigenvalue weighted by atomic mass is 10.2. The summed E-state index contributed by atoms with van der Waals surface area (Å²) in [6, 6.07) is 12.6. The first kappa shape index (κ1) is 16.2. The van der Waals surface area contributed by atoms with Crippen LogP contribution in [-0.2, 0) is 4.79 Å². The molecule has 3 rings (SSSR count). The number of carbonyl (C=O) groups excluding carboxylic acids is 1. The average Bonchev–Trinajstić information content (AvgIpc) is 2.61. The number of hydrogen-bond donors (Lipinski definition) is 0. The zero-order valence-corrected chi connectivity index (χ0v) is 13.2. The molecule has 1 aliphatic heterocycles. The Morgan fingerprint density at radius 3 is 2.25 bits per heavy atom. The van der Waals surface area contributed by atoms with Gasteiger partial charge in [-0.2, -0.15) is 0 Å². The van der Waals surface area contributed by atoms with Crippen LogP contribution in [-0.4, -0.2) is 37.0 Å². The molecule has 0 bridgehead atoms. The van der Waals surface area contributed by atoms with Crippen molar-refractivity contribution in [3.63, 3.8) is 0 Å². The van der Waals surface area contributed by atoms with Crippen LogP contribution >= 0.6 is 0 Å². The lowest BCUT2D eigenvalue weighted by Gasteiger charge is -2.35. The fourth-order valence-corrected chi connectivity index (χ4v) is 2.72. The molecule has 5 heteroatoms. The Morgan fingerprint density at radius 2 is 1.58 bits per heavy atom. The van der Waals surface area contributed by atoms with Gasteiger partial charge in [-0.05, 0) is 35.9 Å². The monoisotopic (exact) mass is 328 g/mol. The molecule has 0 radical (unpaired) electrons. The van der Waals surface area contributed by atoms with Gasteiger partial charge in [0.25, 0.3) is 0 Å². The van der Waals surface area contributed by atoms with E-state index in [9.17, 15) is 13.6 Å². The largest absolute Gasteiger partial charge is 0.366 e. The molecule has 1 aliphatic rings. The molecule has 1 fully saturated rings. The predicted octanol–water partition coefficient (Wildman–Crippen LogP) is 3.33. The Balaban J connectivity index is 1.57. The lowest BCUT2D eigenvalue weighted by Crippen LogP contribution is -2.48. The number of para-hydroxylation sites is 1. The third-order valence-electron chi connectivity index (χ3n) is 4.07. The smallest absolute Gasteiger partial charge is 0.246 e. The van der Waals surface area contributed by atoms with E-state index in [1.165, 1.54) is 24.3 Å². The normalized spacial score (nSPS) is 15.1. The van der Waals surface area contributed by atoms with Gasteiger partial charge in [0.1, 0.15) is 11.6 Å². The topological polar surface area (TPSA) is 23.6 Å². The van der Waals surface area contributed by atoms with Crippen LogP contribution in [0.15, 0.2) is 54.6 Å². The van der Waals surface area contributed by atoms with E-state index in [-0.39, 0.29) is 17.5 Å². The summed E-state index contributed by atoms with van der Waals surface area (Å²) in [5, 5.41) is 0. The first-order valence-corrected chi connectivity index (χ1v) is 7.85. The van der Waals surface area contributed by atoms with Gasteiger partial charge >= 0.3 is 0 Å². The molecular formula is C19H18F2N2O. The molecule has 24 heavy (non-hydrogen) atoms. The zero-order valence-electron chi connectivity index (χ0n) is 13.2. The third-order valence-corrected chi connectivity index (χ3v) is 4.07. The van der Waals surface area contributed by atoms with Crippen molar-refractivity contribution in [1.29, 1.82) is 0 Å². The first-order valence-electron chi connectivity index (χ1n) is 7.85. The summed E-state index contributed by atoms with van der Waals surface area (Å²) in [7, 11) is 0. The second-order valence-electron chi connectivity index (χ2n) is 5.65. The number of benzene rings is 2. The highest BCUT2D eigenvalue weighted by Gasteiger charge is 2.21. The van der Waals surface area contributed by atoms with Gasteiger partial charge in [-0.3, -0.25) is 4.79 Å². The van der Waals surface area contributed by atoms with E-state index in [2.05, 4.69) is 0 Å². The van der Waals surface area contributed by atoms with Gasteiger partial charge in [0.2, 0.25) is 5.91 Å². The average molecular weight is 328 g/mol. The molecule has 124 valence electrons. The SMILES string of the molecule is O=C(/C=C/c1ccc(F)cc1)N1CCN(c2ccccc2F)CC1. The van der Waals surface area contributed by atoms with Crippen LogP contribution in [0.3, 0.4) is 0 Å². The Bertz CT molecular complexity index is 735. The van der Waals surface area contributed by atoms with Crippen molar-refractivity contribution in [3.8, 4) is 0 Å². The molecule has 2 aromatic rings. The molecule has 0 N–H and O–H groups in total. The molecule has 1 heterocycles. The molecule has 0 atom stereocenters. The van der Waals surface area contributed by atoms with Gasteiger partial charge in [-0.1, -0.05) is 24.3 Å². The minimum absolute atomic E-state index is 0.0903. The summed E-state index contributed by atoms with van der Waals surface area (Å²) in [4.78, 5) is 15.9. The number of amides is 1. The van der Waals surface area contributed by atoms with E-state index in [0.717, 1.165) is 5.56 Å². The molecule has 1 amide bonds. The molecule has 0 saturated carbocycles. The zero-order chi connectivity index (χ0) is 16.9. The van der Waals surface area contributed by atoms with Crippen molar-refractivity contribution >= 4 is 17.7 Å². The second kappa shape index (κ2) is 7.25. The maximum Gasteiger partial charge on any atom is 0.246 e. The van der Waals surface area contributed by atoms with Crippen molar-refractivity contribution in [2.24, 2.45) is 0 Å². The van der Waals surface area contributed by atoms with E-state index in [4.69, 9.17) is 0 Å². The number of piperazine rings is 1. The summed E-state index contributed by atoms with van der Waals surface area (Å²) in [5.74, 6) is -0.635. The van der Waals surface area contributed by atoms with Crippen LogP contribution in [0, 0.1) is 11.6 Å². The van der Waals surface area contributed by atoms with Crippen molar-refractivity contribution < 1.29 is 13.6 Å². The van der Waals surface area contributed by atoms with Crippen molar-refractivity contribution in [2.75, 3.05) is 31.1 Å². The van der Waals surface area contributed by atoms with E-state index in [0.29, 0.717) is 31.9 Å². The van der Waals surface area contributed by atoms with Crippen LogP contribution in [0.2, 0.25) is 0 Å². The van der Waals surface area contributed by atoms with Gasteiger partial charge < -0.3 is 9.80 Å². The molecule has 2 aromatic carbocycles. The van der Waals surface area contributed by atoms with Gasteiger partial charge in [-0.15, -0.1) is 0 Å². The van der Waals surface area contributed by atoms with Crippen molar-refractivity contribution in [2.45, 2.75) is 0 Å². The predicted molar refractivity (Wildman–Crippen MR) is 90.6 cm³/mol. The van der Waals surface area contributed by atoms with Crippen molar-refractivity contribution in [3.05, 3.63) is 71.8 Å². The number of carbonyl (C=O) groups is 1. The highest BCUT2D eigenvalue weighted by atomic mass is 19.1. The molecule has 3 nitrogen and oxygen atoms in total. The Morgan fingerprint density at radius 1 is 0.917 bits per heavy atom. The van der Waals surface area contributed by atoms with E-state index >= 15 is 0 Å². The van der Waals surface area contributed by atoms with Gasteiger partial charge in [0.15, 0.2) is 0 Å². The Labute approximate surface area is 139 Å². The minimum atomic E-state index is -0.303. The van der Waals surface area contributed by atoms with Crippen LogP contribution in [0.4, 0.5) is 14.5 Å². The quantitative estimate of drug-likeness (QED) is 0.807. The Hall–Kier alpha value is -2.69. The third kappa shape index (κ3) is 3.79. The van der Waals surface area contributed by atoms with Crippen LogP contribution in [0.25, 0.3) is 6.08 Å². The van der Waals surface area contributed by atoms with Gasteiger partial charge in [0.05, 0.1) is 5.69 Å². The minimum Gasteiger partial charge on any atom is -0.366 e. The summed E-state index contributed by atoms with van der Waals surface area (Å²) in [6.45, 7) is 2.27. The highest BCUT2D eigenvalue weighted by molar-refractivity contribution is 5.92. The maximum atomic E-state index is 13.8. The van der Waals surface area contributed by atoms with Gasteiger partial charge in [-0.25, -0.2) is 8.78 Å². The molecule has 0 spiro atoms. The first-order chi connectivity index (χ1) is 11.6. The summed E-state index contributed by atoms with van der Waals surface area (Å²) < 4.78 is 26.7. The maximum absolute atomic E-state index is 13.8. The number of hydrogen-bond acceptors (Lipinski definition) is 2. The standard InChI is InChI=1S/C19H18F2N2O/c20-16-8-5-15(6-9-16)7-10-19(24)23-13-11-22(12-14-23)18-4-2-1-3-17(18)21/h1-10H,11-14H2/b10-7+. The van der Waals surface area contributed by atoms with Crippen LogP contribution in [0.1, 0.15) is 5.56 Å². The summed E-state index contributed by atoms with van der Waals surface area (Å²) in [6.07, 6.45) is 3.16. The van der Waals surface area contributed by atoms with Gasteiger partial charge in [0, 0.05) is 32.3 Å². The fraction of sp³-hybridized carbons (Fsp3) is 0.211. The molecule has 1 saturated heterocycles. The van der Waals surface area contributed by atoms with E-state index in [1.807, 2.05) is 4.90 Å². The molecule has 0 aromatic heterocycles. The Kier molecular flexibility index (Phi) is 4.89. The van der Waals surface area contributed by atoms with Crippen LogP contribution < -0.4 is 4.90 Å². The molecular weight excluding hydrogens is 310 g/mol.